The number of imidazole rings is 1. The smallest absolute Gasteiger partial charge is 0.410 e. The quantitative estimate of drug-likeness (QED) is 0.179. The van der Waals surface area contributed by atoms with E-state index in [1.54, 1.807) is 10.6 Å². The number of fused-ring (bicyclic) bond motifs is 2. The average Bonchev–Trinajstić information content (AvgIpc) is 3.64. The van der Waals surface area contributed by atoms with Gasteiger partial charge in [-0.2, -0.15) is 0 Å². The minimum atomic E-state index is -1.32. The van der Waals surface area contributed by atoms with Crippen molar-refractivity contribution in [1.29, 1.82) is 0 Å². The number of ether oxygens (including phenoxy) is 3. The molecule has 1 N–H and O–H groups in total. The number of carboxylic acid groups (broad SMARTS) is 1. The molecule has 0 saturated carbocycles. The molecule has 2 aromatic heterocycles. The van der Waals surface area contributed by atoms with Gasteiger partial charge in [-0.25, -0.2) is 37.1 Å². The number of aromatic carboxylic acids is 1. The molecule has 252 valence electrons. The van der Waals surface area contributed by atoms with Crippen LogP contribution in [0.25, 0.3) is 22.3 Å². The molecule has 5 aromatic rings. The molecule has 3 aromatic carbocycles. The standard InChI is InChI=1S/C35H28F4N4O6/c1-47-35(46)42-14-19-3-2-18(8-22(19)15-42)17-49-33-25(36)4-5-29(40-33)24-13-26(37)20(9-27(24)38)12-31-41-32-28(39)10-21(34(44)45)11-30(32)43(31)16-23-6-7-48-23/h2-5,8-11,13,23H,6-7,12,14-17H2,1H3,(H,44,45). The second-order valence-electron chi connectivity index (χ2n) is 11.9. The number of hydrogen-bond acceptors (Lipinski definition) is 7. The highest BCUT2D eigenvalue weighted by Crippen LogP contribution is 2.31. The molecule has 1 unspecified atom stereocenters. The summed E-state index contributed by atoms with van der Waals surface area (Å²) in [6.07, 6.45) is -0.191. The number of rotatable bonds is 9. The van der Waals surface area contributed by atoms with Crippen molar-refractivity contribution in [2.24, 2.45) is 0 Å². The summed E-state index contributed by atoms with van der Waals surface area (Å²) >= 11 is 0. The van der Waals surface area contributed by atoms with Crippen molar-refractivity contribution in [2.75, 3.05) is 13.7 Å². The first kappa shape index (κ1) is 32.1. The number of nitrogens with zero attached hydrogens (tertiary/aromatic N) is 4. The maximum absolute atomic E-state index is 15.6. The second-order valence-corrected chi connectivity index (χ2v) is 11.9. The van der Waals surface area contributed by atoms with Crippen molar-refractivity contribution in [1.82, 2.24) is 19.4 Å². The van der Waals surface area contributed by atoms with Crippen LogP contribution in [0.2, 0.25) is 0 Å². The lowest BCUT2D eigenvalue weighted by Gasteiger charge is -2.27. The van der Waals surface area contributed by atoms with Crippen molar-refractivity contribution in [3.05, 3.63) is 112 Å². The highest BCUT2D eigenvalue weighted by Gasteiger charge is 2.26. The Hall–Kier alpha value is -5.50. The Balaban J connectivity index is 1.13. The number of benzene rings is 3. The van der Waals surface area contributed by atoms with Crippen LogP contribution in [0.5, 0.6) is 5.88 Å². The first-order valence-corrected chi connectivity index (χ1v) is 15.3. The van der Waals surface area contributed by atoms with Crippen LogP contribution in [-0.2, 0) is 42.1 Å². The van der Waals surface area contributed by atoms with Crippen molar-refractivity contribution in [3.8, 4) is 17.1 Å². The van der Waals surface area contributed by atoms with E-state index in [0.29, 0.717) is 25.3 Å². The highest BCUT2D eigenvalue weighted by molar-refractivity contribution is 5.92. The normalized spacial score (nSPS) is 15.3. The van der Waals surface area contributed by atoms with E-state index < -0.39 is 41.2 Å². The van der Waals surface area contributed by atoms with Crippen LogP contribution in [-0.4, -0.2) is 56.4 Å². The van der Waals surface area contributed by atoms with Gasteiger partial charge in [0.1, 0.15) is 29.6 Å². The lowest BCUT2D eigenvalue weighted by Crippen LogP contribution is -2.31. The van der Waals surface area contributed by atoms with Crippen molar-refractivity contribution in [3.63, 3.8) is 0 Å². The Morgan fingerprint density at radius 2 is 1.73 bits per heavy atom. The molecule has 0 radical (unpaired) electrons. The maximum Gasteiger partial charge on any atom is 0.410 e. The second kappa shape index (κ2) is 12.8. The van der Waals surface area contributed by atoms with E-state index in [1.807, 2.05) is 12.1 Å². The van der Waals surface area contributed by atoms with Crippen LogP contribution in [0.15, 0.2) is 54.6 Å². The van der Waals surface area contributed by atoms with Crippen LogP contribution in [0.1, 0.15) is 44.9 Å². The monoisotopic (exact) mass is 676 g/mol. The molecule has 14 heteroatoms. The van der Waals surface area contributed by atoms with Crippen molar-refractivity contribution >= 4 is 23.1 Å². The van der Waals surface area contributed by atoms with Crippen LogP contribution in [0, 0.1) is 23.3 Å². The van der Waals surface area contributed by atoms with Crippen LogP contribution < -0.4 is 4.74 Å². The fourth-order valence-corrected chi connectivity index (χ4v) is 6.04. The van der Waals surface area contributed by atoms with Crippen LogP contribution in [0.4, 0.5) is 22.4 Å². The molecule has 10 nitrogen and oxygen atoms in total. The first-order valence-electron chi connectivity index (χ1n) is 15.3. The van der Waals surface area contributed by atoms with Gasteiger partial charge < -0.3 is 23.9 Å². The van der Waals surface area contributed by atoms with E-state index in [2.05, 4.69) is 9.97 Å². The molecule has 0 aliphatic carbocycles. The Kier molecular flexibility index (Phi) is 8.40. The van der Waals surface area contributed by atoms with Crippen molar-refractivity contribution in [2.45, 2.75) is 45.2 Å². The van der Waals surface area contributed by atoms with Gasteiger partial charge in [-0.3, -0.25) is 4.90 Å². The zero-order valence-electron chi connectivity index (χ0n) is 26.0. The number of aromatic nitrogens is 3. The number of pyridine rings is 1. The number of carboxylic acids is 1. The van der Waals surface area contributed by atoms with Gasteiger partial charge in [-0.15, -0.1) is 0 Å². The summed E-state index contributed by atoms with van der Waals surface area (Å²) in [4.78, 5) is 33.5. The third-order valence-corrected chi connectivity index (χ3v) is 8.69. The molecule has 1 fully saturated rings. The number of methoxy groups -OCH3 is 1. The molecule has 7 rings (SSSR count). The minimum absolute atomic E-state index is 0.0698. The molecule has 1 saturated heterocycles. The van der Waals surface area contributed by atoms with Gasteiger partial charge in [0.15, 0.2) is 11.6 Å². The number of hydrogen-bond donors (Lipinski definition) is 1. The molecular weight excluding hydrogens is 648 g/mol. The maximum atomic E-state index is 15.6. The summed E-state index contributed by atoms with van der Waals surface area (Å²) < 4.78 is 78.3. The van der Waals surface area contributed by atoms with E-state index in [-0.39, 0.29) is 64.9 Å². The summed E-state index contributed by atoms with van der Waals surface area (Å²) in [5, 5.41) is 9.44. The van der Waals surface area contributed by atoms with Gasteiger partial charge in [0.2, 0.25) is 0 Å². The van der Waals surface area contributed by atoms with Gasteiger partial charge in [-0.05, 0) is 65.1 Å². The Morgan fingerprint density at radius 3 is 2.47 bits per heavy atom. The third-order valence-electron chi connectivity index (χ3n) is 8.69. The summed E-state index contributed by atoms with van der Waals surface area (Å²) in [7, 11) is 1.31. The fourth-order valence-electron chi connectivity index (χ4n) is 6.04. The van der Waals surface area contributed by atoms with E-state index in [9.17, 15) is 23.5 Å². The van der Waals surface area contributed by atoms with Gasteiger partial charge in [-0.1, -0.05) is 18.2 Å². The number of carbonyl (C=O) groups excluding carboxylic acids is 1. The number of amides is 1. The Morgan fingerprint density at radius 1 is 0.939 bits per heavy atom. The van der Waals surface area contributed by atoms with Crippen molar-refractivity contribution < 1.29 is 46.5 Å². The molecule has 49 heavy (non-hydrogen) atoms. The lowest BCUT2D eigenvalue weighted by molar-refractivity contribution is -0.0589. The predicted molar refractivity (Wildman–Crippen MR) is 166 cm³/mol. The van der Waals surface area contributed by atoms with E-state index >= 15 is 8.78 Å². The fraction of sp³-hybridized carbons (Fsp3) is 0.257. The van der Waals surface area contributed by atoms with Crippen LogP contribution in [0.3, 0.4) is 0 Å². The van der Waals surface area contributed by atoms with Crippen LogP contribution >= 0.6 is 0 Å². The SMILES string of the molecule is COC(=O)N1Cc2ccc(COc3nc(-c4cc(F)c(Cc5nc6c(F)cc(C(=O)O)cc6n5CC5CCO5)cc4F)ccc3F)cc2C1. The third kappa shape index (κ3) is 6.26. The zero-order valence-corrected chi connectivity index (χ0v) is 26.0. The summed E-state index contributed by atoms with van der Waals surface area (Å²) in [5.74, 6) is -4.85. The molecule has 2 aliphatic rings. The molecule has 4 heterocycles. The highest BCUT2D eigenvalue weighted by atomic mass is 19.1. The Bertz CT molecular complexity index is 2130. The number of carbonyl (C=O) groups is 2. The predicted octanol–water partition coefficient (Wildman–Crippen LogP) is 6.39. The Labute approximate surface area is 276 Å². The molecular formula is C35H28F4N4O6. The first-order chi connectivity index (χ1) is 23.6. The van der Waals surface area contributed by atoms with Gasteiger partial charge in [0.25, 0.3) is 5.88 Å². The molecule has 2 aliphatic heterocycles. The molecule has 1 amide bonds. The molecule has 0 spiro atoms. The molecule has 0 bridgehead atoms. The largest absolute Gasteiger partial charge is 0.478 e. The minimum Gasteiger partial charge on any atom is -0.478 e. The summed E-state index contributed by atoms with van der Waals surface area (Å²) in [5.41, 5.74) is 1.97. The summed E-state index contributed by atoms with van der Waals surface area (Å²) in [6, 6.07) is 11.8. The summed E-state index contributed by atoms with van der Waals surface area (Å²) in [6.45, 7) is 1.45. The van der Waals surface area contributed by atoms with E-state index in [1.165, 1.54) is 24.1 Å². The lowest BCUT2D eigenvalue weighted by atomic mass is 10.0. The molecule has 1 atom stereocenters. The topological polar surface area (TPSA) is 116 Å². The van der Waals surface area contributed by atoms with E-state index in [4.69, 9.17) is 14.2 Å². The average molecular weight is 677 g/mol. The van der Waals surface area contributed by atoms with Gasteiger partial charge >= 0.3 is 12.1 Å². The van der Waals surface area contributed by atoms with Gasteiger partial charge in [0, 0.05) is 31.7 Å². The number of halogens is 4. The zero-order chi connectivity index (χ0) is 34.4. The van der Waals surface area contributed by atoms with E-state index in [0.717, 1.165) is 41.8 Å². The van der Waals surface area contributed by atoms with Gasteiger partial charge in [0.05, 0.1) is 36.5 Å².